The zero-order valence-electron chi connectivity index (χ0n) is 11.0. The number of esters is 1. The highest BCUT2D eigenvalue weighted by atomic mass is 32.1. The molecule has 1 atom stereocenters. The average molecular weight is 283 g/mol. The van der Waals surface area contributed by atoms with Crippen molar-refractivity contribution in [3.63, 3.8) is 0 Å². The van der Waals surface area contributed by atoms with Crippen molar-refractivity contribution < 1.29 is 19.1 Å². The maximum Gasteiger partial charge on any atom is 0.341 e. The second-order valence-electron chi connectivity index (χ2n) is 4.31. The van der Waals surface area contributed by atoms with Crippen molar-refractivity contribution in [2.45, 2.75) is 32.8 Å². The van der Waals surface area contributed by atoms with E-state index in [-0.39, 0.29) is 5.91 Å². The van der Waals surface area contributed by atoms with Crippen LogP contribution < -0.4 is 5.32 Å². The van der Waals surface area contributed by atoms with E-state index in [1.165, 1.54) is 11.3 Å². The fourth-order valence-corrected chi connectivity index (χ4v) is 2.85. The van der Waals surface area contributed by atoms with E-state index in [4.69, 9.17) is 9.47 Å². The Labute approximate surface area is 115 Å². The Morgan fingerprint density at radius 3 is 3.00 bits per heavy atom. The molecule has 1 aliphatic rings. The van der Waals surface area contributed by atoms with Gasteiger partial charge in [-0.25, -0.2) is 4.79 Å². The molecule has 1 amide bonds. The van der Waals surface area contributed by atoms with E-state index in [1.807, 2.05) is 6.92 Å². The second-order valence-corrected chi connectivity index (χ2v) is 5.57. The van der Waals surface area contributed by atoms with Crippen molar-refractivity contribution in [2.75, 3.05) is 18.5 Å². The van der Waals surface area contributed by atoms with Gasteiger partial charge in [0.2, 0.25) is 0 Å². The zero-order valence-corrected chi connectivity index (χ0v) is 11.8. The number of amides is 1. The fourth-order valence-electron chi connectivity index (χ4n) is 1.94. The third-order valence-corrected chi connectivity index (χ3v) is 3.78. The lowest BCUT2D eigenvalue weighted by molar-refractivity contribution is -0.124. The lowest BCUT2D eigenvalue weighted by Gasteiger charge is -2.10. The topological polar surface area (TPSA) is 64.6 Å². The summed E-state index contributed by atoms with van der Waals surface area (Å²) < 4.78 is 10.3. The third-order valence-electron chi connectivity index (χ3n) is 2.81. The predicted molar refractivity (Wildman–Crippen MR) is 72.6 cm³/mol. The van der Waals surface area contributed by atoms with Crippen LogP contribution in [0.3, 0.4) is 0 Å². The predicted octanol–water partition coefficient (Wildman–Crippen LogP) is 2.35. The molecule has 2 rings (SSSR count). The van der Waals surface area contributed by atoms with Crippen LogP contribution in [0.15, 0.2) is 6.07 Å². The average Bonchev–Trinajstić information content (AvgIpc) is 2.98. The number of hydrogen-bond acceptors (Lipinski definition) is 5. The van der Waals surface area contributed by atoms with Gasteiger partial charge in [0.15, 0.2) is 0 Å². The number of carbonyl (C=O) groups is 2. The molecule has 1 N–H and O–H groups in total. The van der Waals surface area contributed by atoms with Gasteiger partial charge in [-0.15, -0.1) is 11.3 Å². The number of hydrogen-bond donors (Lipinski definition) is 1. The normalized spacial score (nSPS) is 18.3. The van der Waals surface area contributed by atoms with Gasteiger partial charge in [0.25, 0.3) is 5.91 Å². The fraction of sp³-hybridized carbons (Fsp3) is 0.538. The summed E-state index contributed by atoms with van der Waals surface area (Å²) in [6, 6.07) is 1.73. The van der Waals surface area contributed by atoms with Crippen LogP contribution in [0.25, 0.3) is 0 Å². The Bertz CT molecular complexity index is 477. The van der Waals surface area contributed by atoms with Crippen molar-refractivity contribution in [1.29, 1.82) is 0 Å². The molecule has 0 saturated carbocycles. The molecule has 1 fully saturated rings. The molecule has 1 aromatic heterocycles. The monoisotopic (exact) mass is 283 g/mol. The minimum atomic E-state index is -0.408. The summed E-state index contributed by atoms with van der Waals surface area (Å²) in [6.07, 6.45) is 1.22. The molecule has 1 aromatic rings. The first-order chi connectivity index (χ1) is 9.11. The molecule has 0 bridgehead atoms. The van der Waals surface area contributed by atoms with Gasteiger partial charge in [-0.3, -0.25) is 4.79 Å². The first-order valence-corrected chi connectivity index (χ1v) is 7.13. The van der Waals surface area contributed by atoms with Gasteiger partial charge in [0, 0.05) is 11.5 Å². The second kappa shape index (κ2) is 6.16. The van der Waals surface area contributed by atoms with Gasteiger partial charge in [-0.1, -0.05) is 0 Å². The van der Waals surface area contributed by atoms with Crippen LogP contribution in [0.4, 0.5) is 5.00 Å². The number of aryl methyl sites for hydroxylation is 1. The van der Waals surface area contributed by atoms with Crippen LogP contribution in [0.5, 0.6) is 0 Å². The van der Waals surface area contributed by atoms with Crippen molar-refractivity contribution in [3.05, 3.63) is 16.5 Å². The summed E-state index contributed by atoms with van der Waals surface area (Å²) >= 11 is 1.37. The molecule has 2 heterocycles. The van der Waals surface area contributed by atoms with Crippen LogP contribution in [-0.4, -0.2) is 31.2 Å². The summed E-state index contributed by atoms with van der Waals surface area (Å²) in [7, 11) is 0. The van der Waals surface area contributed by atoms with Crippen molar-refractivity contribution in [2.24, 2.45) is 0 Å². The summed E-state index contributed by atoms with van der Waals surface area (Å²) in [5.74, 6) is -0.598. The number of thiophene rings is 1. The Kier molecular flexibility index (Phi) is 4.55. The molecule has 1 aliphatic heterocycles. The summed E-state index contributed by atoms with van der Waals surface area (Å²) in [5.41, 5.74) is 0.413. The lowest BCUT2D eigenvalue weighted by Crippen LogP contribution is -2.27. The maximum atomic E-state index is 12.0. The van der Waals surface area contributed by atoms with Crippen LogP contribution in [0, 0.1) is 6.92 Å². The molecule has 19 heavy (non-hydrogen) atoms. The molecule has 1 saturated heterocycles. The molecule has 0 aromatic carbocycles. The van der Waals surface area contributed by atoms with Crippen molar-refractivity contribution in [3.8, 4) is 0 Å². The van der Waals surface area contributed by atoms with Gasteiger partial charge in [0.05, 0.1) is 12.2 Å². The standard InChI is InChI=1S/C13H17NO4S/c1-3-17-13(16)9-7-8(2)19-12(9)14-11(15)10-5-4-6-18-10/h7,10H,3-6H2,1-2H3,(H,14,15)/t10-/m1/s1. The van der Waals surface area contributed by atoms with Gasteiger partial charge in [-0.05, 0) is 32.8 Å². The number of rotatable bonds is 4. The largest absolute Gasteiger partial charge is 0.462 e. The molecule has 0 aliphatic carbocycles. The Morgan fingerprint density at radius 1 is 1.58 bits per heavy atom. The summed E-state index contributed by atoms with van der Waals surface area (Å²) in [4.78, 5) is 24.7. The zero-order chi connectivity index (χ0) is 13.8. The van der Waals surface area contributed by atoms with E-state index >= 15 is 0 Å². The minimum Gasteiger partial charge on any atom is -0.462 e. The summed E-state index contributed by atoms with van der Waals surface area (Å²) in [6.45, 7) is 4.57. The molecule has 0 spiro atoms. The number of nitrogens with one attached hydrogen (secondary N) is 1. The maximum absolute atomic E-state index is 12.0. The van der Waals surface area contributed by atoms with Crippen LogP contribution in [-0.2, 0) is 14.3 Å². The third kappa shape index (κ3) is 3.33. The molecule has 6 heteroatoms. The molecule has 104 valence electrons. The van der Waals surface area contributed by atoms with Crippen LogP contribution >= 0.6 is 11.3 Å². The molecular weight excluding hydrogens is 266 g/mol. The van der Waals surface area contributed by atoms with E-state index in [2.05, 4.69) is 5.32 Å². The van der Waals surface area contributed by atoms with E-state index in [9.17, 15) is 9.59 Å². The van der Waals surface area contributed by atoms with E-state index in [1.54, 1.807) is 13.0 Å². The molecule has 0 unspecified atom stereocenters. The van der Waals surface area contributed by atoms with Gasteiger partial charge in [-0.2, -0.15) is 0 Å². The van der Waals surface area contributed by atoms with Crippen LogP contribution in [0.2, 0.25) is 0 Å². The molecule has 0 radical (unpaired) electrons. The van der Waals surface area contributed by atoms with E-state index in [0.29, 0.717) is 23.8 Å². The van der Waals surface area contributed by atoms with Gasteiger partial charge >= 0.3 is 5.97 Å². The van der Waals surface area contributed by atoms with Gasteiger partial charge in [0.1, 0.15) is 11.1 Å². The number of anilines is 1. The highest BCUT2D eigenvalue weighted by Crippen LogP contribution is 2.29. The first-order valence-electron chi connectivity index (χ1n) is 6.32. The first kappa shape index (κ1) is 14.0. The van der Waals surface area contributed by atoms with E-state index < -0.39 is 12.1 Å². The lowest BCUT2D eigenvalue weighted by atomic mass is 10.2. The number of carbonyl (C=O) groups excluding carboxylic acids is 2. The van der Waals surface area contributed by atoms with Crippen LogP contribution in [0.1, 0.15) is 35.0 Å². The SMILES string of the molecule is CCOC(=O)c1cc(C)sc1NC(=O)[C@H]1CCCO1. The number of ether oxygens (including phenoxy) is 2. The molecule has 5 nitrogen and oxygen atoms in total. The molecular formula is C13H17NO4S. The quantitative estimate of drug-likeness (QED) is 0.861. The van der Waals surface area contributed by atoms with Crippen molar-refractivity contribution in [1.82, 2.24) is 0 Å². The highest BCUT2D eigenvalue weighted by Gasteiger charge is 2.26. The minimum absolute atomic E-state index is 0.190. The Hall–Kier alpha value is -1.40. The Balaban J connectivity index is 2.10. The van der Waals surface area contributed by atoms with Crippen molar-refractivity contribution >= 4 is 28.2 Å². The smallest absolute Gasteiger partial charge is 0.341 e. The Morgan fingerprint density at radius 2 is 2.37 bits per heavy atom. The van der Waals surface area contributed by atoms with Gasteiger partial charge < -0.3 is 14.8 Å². The van der Waals surface area contributed by atoms with E-state index in [0.717, 1.165) is 17.7 Å². The highest BCUT2D eigenvalue weighted by molar-refractivity contribution is 7.16. The summed E-state index contributed by atoms with van der Waals surface area (Å²) in [5, 5.41) is 3.30.